The van der Waals surface area contributed by atoms with Crippen LogP contribution in [0.4, 0.5) is 10.5 Å². The molecule has 0 aliphatic carbocycles. The van der Waals surface area contributed by atoms with Crippen LogP contribution in [0.2, 0.25) is 0 Å². The summed E-state index contributed by atoms with van der Waals surface area (Å²) in [6.07, 6.45) is 1.86. The second kappa shape index (κ2) is 8.69. The first kappa shape index (κ1) is 19.6. The molecule has 0 aliphatic heterocycles. The lowest BCUT2D eigenvalue weighted by atomic mass is 10.3. The van der Waals surface area contributed by atoms with Gasteiger partial charge in [0.15, 0.2) is 10.3 Å². The van der Waals surface area contributed by atoms with Crippen molar-refractivity contribution >= 4 is 35.7 Å². The van der Waals surface area contributed by atoms with E-state index in [1.54, 1.807) is 23.7 Å². The van der Waals surface area contributed by atoms with Gasteiger partial charge in [0.2, 0.25) is 0 Å². The summed E-state index contributed by atoms with van der Waals surface area (Å²) in [6, 6.07) is 20.2. The number of hydrogen-bond donors (Lipinski definition) is 1. The lowest BCUT2D eigenvalue weighted by molar-refractivity contribution is 0.258. The summed E-state index contributed by atoms with van der Waals surface area (Å²) in [5.41, 5.74) is 1.97. The lowest BCUT2D eigenvalue weighted by Crippen LogP contribution is -2.29. The summed E-state index contributed by atoms with van der Waals surface area (Å²) in [5.74, 6) is 0. The molecule has 140 valence electrons. The Balaban J connectivity index is 2.21. The van der Waals surface area contributed by atoms with E-state index in [2.05, 4.69) is 16.4 Å². The van der Waals surface area contributed by atoms with Crippen LogP contribution in [-0.2, 0) is 7.05 Å². The Kier molecular flexibility index (Phi) is 6.09. The van der Waals surface area contributed by atoms with Crippen LogP contribution < -0.4 is 10.8 Å². The molecule has 0 unspecified atom stereocenters. The molecule has 1 N–H and O–H groups in total. The van der Waals surface area contributed by atoms with Crippen LogP contribution in [-0.4, -0.2) is 21.4 Å². The van der Waals surface area contributed by atoms with E-state index in [-0.39, 0.29) is 11.1 Å². The zero-order valence-corrected chi connectivity index (χ0v) is 16.9. The summed E-state index contributed by atoms with van der Waals surface area (Å²) in [5, 5.41) is 13.1. The van der Waals surface area contributed by atoms with Crippen LogP contribution in [0.1, 0.15) is 5.56 Å². The molecule has 8 heteroatoms. The molecule has 1 heterocycles. The van der Waals surface area contributed by atoms with E-state index in [1.807, 2.05) is 59.4 Å². The molecule has 28 heavy (non-hydrogen) atoms. The molecule has 2 amide bonds. The molecule has 0 saturated carbocycles. The fourth-order valence-electron chi connectivity index (χ4n) is 2.70. The number of amides is 2. The molecule has 3 aromatic rings. The number of para-hydroxylation sites is 2. The normalized spacial score (nSPS) is 11.1. The highest BCUT2D eigenvalue weighted by Gasteiger charge is 2.16. The summed E-state index contributed by atoms with van der Waals surface area (Å²) >= 11 is 7.00. The maximum atomic E-state index is 12.4. The Morgan fingerprint density at radius 1 is 1.14 bits per heavy atom. The predicted molar refractivity (Wildman–Crippen MR) is 113 cm³/mol. The lowest BCUT2D eigenvalue weighted by Gasteiger charge is -2.17. The predicted octanol–water partition coefficient (Wildman–Crippen LogP) is 4.27. The monoisotopic (exact) mass is 407 g/mol. The van der Waals surface area contributed by atoms with E-state index in [0.717, 1.165) is 5.69 Å². The average molecular weight is 408 g/mol. The molecule has 6 nitrogen and oxygen atoms in total. The van der Waals surface area contributed by atoms with Crippen molar-refractivity contribution in [1.82, 2.24) is 9.13 Å². The van der Waals surface area contributed by atoms with Gasteiger partial charge in [0.1, 0.15) is 16.7 Å². The number of anilines is 1. The Morgan fingerprint density at radius 3 is 2.32 bits per heavy atom. The van der Waals surface area contributed by atoms with Gasteiger partial charge in [-0.15, -0.1) is 11.8 Å². The number of aromatic nitrogens is 2. The van der Waals surface area contributed by atoms with Gasteiger partial charge in [-0.25, -0.2) is 4.79 Å². The molecule has 0 fully saturated rings. The molecule has 0 aliphatic rings. The van der Waals surface area contributed by atoms with Crippen LogP contribution in [0.15, 0.2) is 70.7 Å². The molecule has 1 aromatic heterocycles. The third-order valence-corrected chi connectivity index (χ3v) is 5.22. The summed E-state index contributed by atoms with van der Waals surface area (Å²) in [7, 11) is 1.70. The van der Waals surface area contributed by atoms with Crippen molar-refractivity contribution in [3.63, 3.8) is 0 Å². The van der Waals surface area contributed by atoms with Gasteiger partial charge in [-0.2, -0.15) is 10.3 Å². The highest BCUT2D eigenvalue weighted by Crippen LogP contribution is 2.22. The molecule has 0 spiro atoms. The highest BCUT2D eigenvalue weighted by atomic mass is 32.2. The van der Waals surface area contributed by atoms with Crippen molar-refractivity contribution in [2.75, 3.05) is 11.6 Å². The van der Waals surface area contributed by atoms with Gasteiger partial charge in [-0.1, -0.05) is 36.4 Å². The van der Waals surface area contributed by atoms with Crippen LogP contribution in [0.25, 0.3) is 5.69 Å². The van der Waals surface area contributed by atoms with Crippen molar-refractivity contribution in [1.29, 1.82) is 5.26 Å². The van der Waals surface area contributed by atoms with E-state index in [1.165, 1.54) is 11.8 Å². The van der Waals surface area contributed by atoms with E-state index < -0.39 is 6.03 Å². The van der Waals surface area contributed by atoms with Crippen LogP contribution in [0, 0.1) is 16.1 Å². The SMILES string of the molecule is CSc1c(C#N)/c(=N/C(=O)Nc2ccccc2)n(C)c(=S)n1-c1ccccc1. The number of nitrogens with one attached hydrogen (secondary N) is 1. The van der Waals surface area contributed by atoms with E-state index >= 15 is 0 Å². The molecular weight excluding hydrogens is 390 g/mol. The van der Waals surface area contributed by atoms with Gasteiger partial charge >= 0.3 is 6.03 Å². The van der Waals surface area contributed by atoms with E-state index in [9.17, 15) is 10.1 Å². The second-order valence-corrected chi connectivity index (χ2v) is 6.90. The van der Waals surface area contributed by atoms with Crippen LogP contribution in [0.5, 0.6) is 0 Å². The highest BCUT2D eigenvalue weighted by molar-refractivity contribution is 7.98. The quantitative estimate of drug-likeness (QED) is 0.400. The van der Waals surface area contributed by atoms with Gasteiger partial charge < -0.3 is 9.88 Å². The zero-order valence-electron chi connectivity index (χ0n) is 15.3. The second-order valence-electron chi connectivity index (χ2n) is 5.74. The first-order valence-corrected chi connectivity index (χ1v) is 9.96. The van der Waals surface area contributed by atoms with Crippen molar-refractivity contribution in [3.8, 4) is 11.8 Å². The molecule has 0 radical (unpaired) electrons. The molecule has 2 aromatic carbocycles. The number of nitrogens with zero attached hydrogens (tertiary/aromatic N) is 4. The zero-order chi connectivity index (χ0) is 20.1. The summed E-state index contributed by atoms with van der Waals surface area (Å²) < 4.78 is 3.82. The minimum absolute atomic E-state index is 0.220. The standard InChI is InChI=1S/C20H17N5OS2/c1-24-17(23-19(26)22-14-9-5-3-6-10-14)16(13-21)18(28-2)25(20(24)27)15-11-7-4-8-12-15/h3-12H,1-2H3,(H,22,26)/b23-17-. The number of hydrogen-bond acceptors (Lipinski definition) is 4. The topological polar surface area (TPSA) is 75.1 Å². The largest absolute Gasteiger partial charge is 0.347 e. The van der Waals surface area contributed by atoms with Gasteiger partial charge in [-0.3, -0.25) is 4.57 Å². The molecular formula is C20H17N5OS2. The number of nitriles is 1. The van der Waals surface area contributed by atoms with Gasteiger partial charge in [-0.05, 0) is 42.7 Å². The number of benzene rings is 2. The Morgan fingerprint density at radius 2 is 1.75 bits per heavy atom. The van der Waals surface area contributed by atoms with E-state index in [0.29, 0.717) is 15.5 Å². The third kappa shape index (κ3) is 3.91. The molecule has 3 rings (SSSR count). The first-order chi connectivity index (χ1) is 13.6. The number of carbonyl (C=O) groups excluding carboxylic acids is 1. The molecule has 0 atom stereocenters. The summed E-state index contributed by atoms with van der Waals surface area (Å²) in [6.45, 7) is 0. The number of rotatable bonds is 3. The van der Waals surface area contributed by atoms with Gasteiger partial charge in [0, 0.05) is 18.4 Å². The van der Waals surface area contributed by atoms with Crippen LogP contribution >= 0.6 is 24.0 Å². The fourth-order valence-corrected chi connectivity index (χ4v) is 3.75. The number of urea groups is 1. The number of thioether (sulfide) groups is 1. The Labute approximate surface area is 171 Å². The van der Waals surface area contributed by atoms with Gasteiger partial charge in [0.25, 0.3) is 0 Å². The van der Waals surface area contributed by atoms with Crippen molar-refractivity contribution in [3.05, 3.63) is 76.5 Å². The van der Waals surface area contributed by atoms with Crippen LogP contribution in [0.3, 0.4) is 0 Å². The minimum atomic E-state index is -0.572. The fraction of sp³-hybridized carbons (Fsp3) is 0.100. The van der Waals surface area contributed by atoms with Gasteiger partial charge in [0.05, 0.1) is 0 Å². The Hall–Kier alpha value is -3.15. The molecule has 0 saturated heterocycles. The first-order valence-electron chi connectivity index (χ1n) is 8.33. The smallest absolute Gasteiger partial charge is 0.306 e. The average Bonchev–Trinajstić information content (AvgIpc) is 2.72. The van der Waals surface area contributed by atoms with E-state index in [4.69, 9.17) is 12.2 Å². The maximum Gasteiger partial charge on any atom is 0.347 e. The number of carbonyl (C=O) groups is 1. The summed E-state index contributed by atoms with van der Waals surface area (Å²) in [4.78, 5) is 16.5. The Bertz CT molecular complexity index is 1180. The van der Waals surface area contributed by atoms with Crippen molar-refractivity contribution in [2.24, 2.45) is 12.0 Å². The minimum Gasteiger partial charge on any atom is -0.306 e. The molecule has 0 bridgehead atoms. The van der Waals surface area contributed by atoms with Crippen molar-refractivity contribution < 1.29 is 4.79 Å². The third-order valence-electron chi connectivity index (χ3n) is 3.99. The van der Waals surface area contributed by atoms with Crippen molar-refractivity contribution in [2.45, 2.75) is 5.03 Å². The maximum absolute atomic E-state index is 12.4.